The van der Waals surface area contributed by atoms with Gasteiger partial charge in [-0.15, -0.1) is 0 Å². The fourth-order valence-electron chi connectivity index (χ4n) is 2.68. The predicted molar refractivity (Wildman–Crippen MR) is 100 cm³/mol. The number of benzene rings is 1. The highest BCUT2D eigenvalue weighted by Gasteiger charge is 2.14. The summed E-state index contributed by atoms with van der Waals surface area (Å²) in [6.45, 7) is 3.11. The predicted octanol–water partition coefficient (Wildman–Crippen LogP) is 4.89. The molecule has 1 aromatic carbocycles. The molecule has 0 amide bonds. The van der Waals surface area contributed by atoms with Crippen molar-refractivity contribution in [2.24, 2.45) is 0 Å². The number of nitrogens with zero attached hydrogens (tertiary/aromatic N) is 1. The summed E-state index contributed by atoms with van der Waals surface area (Å²) in [5, 5.41) is 12.0. The Morgan fingerprint density at radius 1 is 1.04 bits per heavy atom. The monoisotopic (exact) mass is 325 g/mol. The highest BCUT2D eigenvalue weighted by molar-refractivity contribution is 6.15. The van der Waals surface area contributed by atoms with Gasteiger partial charge in [0.25, 0.3) is 0 Å². The molecule has 0 saturated heterocycles. The molecule has 0 bridgehead atoms. The maximum absolute atomic E-state index is 8.57. The van der Waals surface area contributed by atoms with Crippen LogP contribution in [0.15, 0.2) is 42.6 Å². The number of unbranched alkanes of at least 4 members (excludes halogenated alkanes) is 4. The van der Waals surface area contributed by atoms with Crippen molar-refractivity contribution < 1.29 is 4.74 Å². The molecule has 0 aliphatic rings. The molecular weight excluding hydrogens is 298 g/mol. The van der Waals surface area contributed by atoms with Crippen molar-refractivity contribution in [3.05, 3.63) is 53.7 Å². The molecule has 4 heteroatoms. The largest absolute Gasteiger partial charge is 0.496 e. The fraction of sp³-hybridized carbons (Fsp3) is 0.400. The van der Waals surface area contributed by atoms with E-state index >= 15 is 0 Å². The Hall–Kier alpha value is -2.36. The van der Waals surface area contributed by atoms with E-state index in [2.05, 4.69) is 17.2 Å². The molecule has 0 spiro atoms. The molecule has 0 aliphatic heterocycles. The summed E-state index contributed by atoms with van der Waals surface area (Å²) in [5.41, 5.74) is 2.00. The van der Waals surface area contributed by atoms with E-state index in [1.807, 2.05) is 36.4 Å². The summed E-state index contributed by atoms with van der Waals surface area (Å²) < 4.78 is 5.38. The van der Waals surface area contributed by atoms with Crippen LogP contribution in [0.5, 0.6) is 5.75 Å². The van der Waals surface area contributed by atoms with Crippen molar-refractivity contribution in [1.82, 2.24) is 4.98 Å². The minimum Gasteiger partial charge on any atom is -0.496 e. The maximum Gasteiger partial charge on any atom is 0.135 e. The number of para-hydroxylation sites is 1. The average Bonchev–Trinajstić information content (AvgIpc) is 2.64. The quantitative estimate of drug-likeness (QED) is 0.483. The smallest absolute Gasteiger partial charge is 0.135 e. The van der Waals surface area contributed by atoms with Gasteiger partial charge in [0.15, 0.2) is 0 Å². The third kappa shape index (κ3) is 4.82. The van der Waals surface area contributed by atoms with E-state index in [1.165, 1.54) is 25.7 Å². The van der Waals surface area contributed by atoms with Gasteiger partial charge in [-0.1, -0.05) is 44.7 Å². The summed E-state index contributed by atoms with van der Waals surface area (Å²) in [5.74, 6) is 1.47. The van der Waals surface area contributed by atoms with E-state index in [1.54, 1.807) is 13.3 Å². The van der Waals surface area contributed by atoms with Crippen LogP contribution in [0.2, 0.25) is 0 Å². The second-order valence-corrected chi connectivity index (χ2v) is 5.82. The van der Waals surface area contributed by atoms with Crippen molar-refractivity contribution in [1.29, 1.82) is 5.41 Å². The normalized spacial score (nSPS) is 10.4. The lowest BCUT2D eigenvalue weighted by Crippen LogP contribution is -2.11. The van der Waals surface area contributed by atoms with Crippen LogP contribution in [-0.2, 0) is 0 Å². The number of ether oxygens (including phenoxy) is 1. The Morgan fingerprint density at radius 3 is 2.58 bits per heavy atom. The van der Waals surface area contributed by atoms with Crippen molar-refractivity contribution in [2.75, 3.05) is 19.0 Å². The maximum atomic E-state index is 8.57. The fourth-order valence-corrected chi connectivity index (χ4v) is 2.68. The molecule has 0 atom stereocenters. The Balaban J connectivity index is 2.06. The number of aromatic nitrogens is 1. The van der Waals surface area contributed by atoms with Crippen molar-refractivity contribution in [2.45, 2.75) is 39.0 Å². The number of pyridine rings is 1. The van der Waals surface area contributed by atoms with Gasteiger partial charge in [-0.25, -0.2) is 4.98 Å². The van der Waals surface area contributed by atoms with Gasteiger partial charge in [-0.2, -0.15) is 0 Å². The first-order valence-electron chi connectivity index (χ1n) is 8.69. The summed E-state index contributed by atoms with van der Waals surface area (Å²) in [6, 6.07) is 11.4. The standard InChI is InChI=1S/C20H27N3O/c1-3-4-5-6-9-14-22-20-17(12-10-15-23-20)19(21)16-11-7-8-13-18(16)24-2/h7-8,10-13,15,21H,3-6,9,14H2,1-2H3,(H,22,23). The van der Waals surface area contributed by atoms with Gasteiger partial charge in [0.2, 0.25) is 0 Å². The zero-order valence-electron chi connectivity index (χ0n) is 14.6. The number of anilines is 1. The Labute approximate surface area is 144 Å². The van der Waals surface area contributed by atoms with Crippen molar-refractivity contribution in [3.63, 3.8) is 0 Å². The molecule has 128 valence electrons. The van der Waals surface area contributed by atoms with Gasteiger partial charge in [0.1, 0.15) is 11.6 Å². The van der Waals surface area contributed by atoms with Crippen molar-refractivity contribution >= 4 is 11.5 Å². The van der Waals surface area contributed by atoms with Gasteiger partial charge in [-0.3, -0.25) is 5.41 Å². The molecule has 24 heavy (non-hydrogen) atoms. The molecule has 0 saturated carbocycles. The number of hydrogen-bond acceptors (Lipinski definition) is 4. The Bertz CT molecular complexity index is 655. The van der Waals surface area contributed by atoms with Gasteiger partial charge in [0, 0.05) is 23.9 Å². The molecular formula is C20H27N3O. The van der Waals surface area contributed by atoms with Crippen LogP contribution >= 0.6 is 0 Å². The second-order valence-electron chi connectivity index (χ2n) is 5.82. The minimum absolute atomic E-state index is 0.425. The van der Waals surface area contributed by atoms with Crippen molar-refractivity contribution in [3.8, 4) is 5.75 Å². The topological polar surface area (TPSA) is 58.0 Å². The van der Waals surface area contributed by atoms with Crippen LogP contribution in [-0.4, -0.2) is 24.4 Å². The lowest BCUT2D eigenvalue weighted by atomic mass is 10.0. The zero-order valence-corrected chi connectivity index (χ0v) is 14.6. The number of methoxy groups -OCH3 is 1. The van der Waals surface area contributed by atoms with Crippen LogP contribution < -0.4 is 10.1 Å². The molecule has 0 fully saturated rings. The van der Waals surface area contributed by atoms with Crippen LogP contribution in [0.25, 0.3) is 0 Å². The summed E-state index contributed by atoms with van der Waals surface area (Å²) in [6.07, 6.45) is 7.95. The Kier molecular flexibility index (Phi) is 7.27. The molecule has 0 unspecified atom stereocenters. The SMILES string of the molecule is CCCCCCCNc1ncccc1C(=N)c1ccccc1OC. The van der Waals surface area contributed by atoms with E-state index < -0.39 is 0 Å². The highest BCUT2D eigenvalue weighted by Crippen LogP contribution is 2.24. The lowest BCUT2D eigenvalue weighted by Gasteiger charge is -2.14. The lowest BCUT2D eigenvalue weighted by molar-refractivity contribution is 0.414. The minimum atomic E-state index is 0.425. The van der Waals surface area contributed by atoms with E-state index in [0.29, 0.717) is 11.5 Å². The zero-order chi connectivity index (χ0) is 17.2. The first kappa shape index (κ1) is 18.0. The molecule has 0 aliphatic carbocycles. The molecule has 1 aromatic heterocycles. The van der Waals surface area contributed by atoms with Crippen LogP contribution in [0.1, 0.15) is 50.2 Å². The third-order valence-corrected chi connectivity index (χ3v) is 4.03. The first-order valence-corrected chi connectivity index (χ1v) is 8.69. The van der Waals surface area contributed by atoms with Crippen LogP contribution in [0, 0.1) is 5.41 Å². The van der Waals surface area contributed by atoms with Gasteiger partial charge < -0.3 is 10.1 Å². The number of rotatable bonds is 10. The van der Waals surface area contributed by atoms with E-state index in [4.69, 9.17) is 10.1 Å². The van der Waals surface area contributed by atoms with Gasteiger partial charge in [-0.05, 0) is 30.7 Å². The third-order valence-electron chi connectivity index (χ3n) is 4.03. The molecule has 2 rings (SSSR count). The van der Waals surface area contributed by atoms with Gasteiger partial charge in [0.05, 0.1) is 12.8 Å². The Morgan fingerprint density at radius 2 is 1.79 bits per heavy atom. The summed E-state index contributed by atoms with van der Waals surface area (Å²) in [4.78, 5) is 4.42. The van der Waals surface area contributed by atoms with Crippen LogP contribution in [0.4, 0.5) is 5.82 Å². The number of hydrogen-bond donors (Lipinski definition) is 2. The molecule has 4 nitrogen and oxygen atoms in total. The molecule has 1 heterocycles. The van der Waals surface area contributed by atoms with E-state index in [9.17, 15) is 0 Å². The van der Waals surface area contributed by atoms with Crippen LogP contribution in [0.3, 0.4) is 0 Å². The first-order chi connectivity index (χ1) is 11.8. The van der Waals surface area contributed by atoms with E-state index in [0.717, 1.165) is 29.9 Å². The molecule has 2 N–H and O–H groups in total. The summed E-state index contributed by atoms with van der Waals surface area (Å²) in [7, 11) is 1.63. The van der Waals surface area contributed by atoms with Gasteiger partial charge >= 0.3 is 0 Å². The highest BCUT2D eigenvalue weighted by atomic mass is 16.5. The average molecular weight is 325 g/mol. The molecule has 0 radical (unpaired) electrons. The summed E-state index contributed by atoms with van der Waals surface area (Å²) >= 11 is 0. The number of nitrogens with one attached hydrogen (secondary N) is 2. The molecule has 2 aromatic rings. The second kappa shape index (κ2) is 9.71. The van der Waals surface area contributed by atoms with E-state index in [-0.39, 0.29) is 0 Å².